The molecule has 3 rings (SSSR count). The van der Waals surface area contributed by atoms with Gasteiger partial charge in [0.2, 0.25) is 35.4 Å². The zero-order valence-corrected chi connectivity index (χ0v) is 24.5. The molecule has 44 heavy (non-hydrogen) atoms. The van der Waals surface area contributed by atoms with Crippen molar-refractivity contribution in [1.82, 2.24) is 20.4 Å². The van der Waals surface area contributed by atoms with E-state index in [1.54, 1.807) is 30.3 Å². The summed E-state index contributed by atoms with van der Waals surface area (Å²) >= 11 is 0. The molecule has 0 aromatic heterocycles. The van der Waals surface area contributed by atoms with Gasteiger partial charge in [0, 0.05) is 32.4 Å². The Labute approximate surface area is 254 Å². The lowest BCUT2D eigenvalue weighted by molar-refractivity contribution is -0.149. The van der Waals surface area contributed by atoms with Crippen molar-refractivity contribution in [3.05, 3.63) is 35.9 Å². The van der Waals surface area contributed by atoms with Crippen molar-refractivity contribution in [3.8, 4) is 0 Å². The molecule has 2 aliphatic heterocycles. The van der Waals surface area contributed by atoms with E-state index >= 15 is 0 Å². The van der Waals surface area contributed by atoms with Gasteiger partial charge in [-0.05, 0) is 44.1 Å². The number of hydrogen-bond acceptors (Lipinski definition) is 8. The quantitative estimate of drug-likeness (QED) is 0.129. The molecule has 1 aromatic rings. The second-order valence-corrected chi connectivity index (χ2v) is 11.1. The minimum atomic E-state index is -1.23. The predicted molar refractivity (Wildman–Crippen MR) is 156 cm³/mol. The Morgan fingerprint density at radius 3 is 1.93 bits per heavy atom. The van der Waals surface area contributed by atoms with E-state index < -0.39 is 71.6 Å². The first-order valence-corrected chi connectivity index (χ1v) is 14.7. The van der Waals surface area contributed by atoms with E-state index in [1.807, 2.05) is 0 Å². The maximum absolute atomic E-state index is 13.7. The maximum Gasteiger partial charge on any atom is 0.326 e. The third-order valence-corrected chi connectivity index (χ3v) is 7.89. The van der Waals surface area contributed by atoms with E-state index in [0.29, 0.717) is 19.3 Å². The van der Waals surface area contributed by atoms with Gasteiger partial charge in [-0.3, -0.25) is 28.8 Å². The molecule has 0 aliphatic carbocycles. The molecule has 2 heterocycles. The van der Waals surface area contributed by atoms with Crippen molar-refractivity contribution < 1.29 is 38.7 Å². The number of nitrogens with one attached hydrogen (secondary N) is 2. The Balaban J connectivity index is 1.78. The van der Waals surface area contributed by atoms with Crippen LogP contribution in [0, 0.1) is 0 Å². The molecule has 15 heteroatoms. The van der Waals surface area contributed by atoms with Crippen LogP contribution in [0.15, 0.2) is 30.3 Å². The highest BCUT2D eigenvalue weighted by Crippen LogP contribution is 2.22. The van der Waals surface area contributed by atoms with Gasteiger partial charge in [-0.2, -0.15) is 0 Å². The first kappa shape index (κ1) is 34.0. The summed E-state index contributed by atoms with van der Waals surface area (Å²) in [7, 11) is 0. The van der Waals surface area contributed by atoms with Crippen LogP contribution >= 0.6 is 0 Å². The Morgan fingerprint density at radius 1 is 0.795 bits per heavy atom. The third-order valence-electron chi connectivity index (χ3n) is 7.89. The molecule has 2 saturated heterocycles. The van der Waals surface area contributed by atoms with Crippen LogP contribution in [-0.4, -0.2) is 99.6 Å². The standard InChI is InChI=1S/C29H41N7O8/c30-18(10-12-23(31)37)25(39)33-19(11-13-24(32)38)27(41)35-14-4-8-21(35)26(40)34-20(16-17-6-2-1-3-7-17)28(42)36-15-5-9-22(36)29(43)44/h1-3,6-7,18-22H,4-5,8-16,30H2,(H2,31,37)(H2,32,38)(H,33,39)(H,34,40)(H,43,44)/t18-,19-,20-,21-,22-/m0/s1. The lowest BCUT2D eigenvalue weighted by Crippen LogP contribution is -2.58. The van der Waals surface area contributed by atoms with E-state index in [4.69, 9.17) is 17.2 Å². The Morgan fingerprint density at radius 2 is 1.34 bits per heavy atom. The van der Waals surface area contributed by atoms with Crippen LogP contribution in [0.2, 0.25) is 0 Å². The largest absolute Gasteiger partial charge is 0.480 e. The van der Waals surface area contributed by atoms with Crippen molar-refractivity contribution in [2.24, 2.45) is 17.2 Å². The number of nitrogens with zero attached hydrogens (tertiary/aromatic N) is 2. The molecule has 9 N–H and O–H groups in total. The molecule has 0 radical (unpaired) electrons. The van der Waals surface area contributed by atoms with Gasteiger partial charge in [0.15, 0.2) is 0 Å². The van der Waals surface area contributed by atoms with Crippen molar-refractivity contribution >= 4 is 41.4 Å². The second kappa shape index (κ2) is 15.8. The normalized spacial score (nSPS) is 19.9. The Bertz CT molecular complexity index is 1240. The summed E-state index contributed by atoms with van der Waals surface area (Å²) < 4.78 is 0. The molecule has 0 bridgehead atoms. The van der Waals surface area contributed by atoms with Crippen molar-refractivity contribution in [3.63, 3.8) is 0 Å². The molecule has 0 saturated carbocycles. The number of aliphatic carboxylic acids is 1. The zero-order valence-electron chi connectivity index (χ0n) is 24.5. The summed E-state index contributed by atoms with van der Waals surface area (Å²) in [4.78, 5) is 90.5. The summed E-state index contributed by atoms with van der Waals surface area (Å²) in [5, 5.41) is 14.9. The van der Waals surface area contributed by atoms with E-state index in [-0.39, 0.29) is 51.6 Å². The first-order valence-electron chi connectivity index (χ1n) is 14.7. The molecule has 2 aliphatic rings. The van der Waals surface area contributed by atoms with Gasteiger partial charge in [-0.25, -0.2) is 4.79 Å². The first-order chi connectivity index (χ1) is 20.9. The van der Waals surface area contributed by atoms with Gasteiger partial charge in [0.25, 0.3) is 0 Å². The summed E-state index contributed by atoms with van der Waals surface area (Å²) in [5.74, 6) is -4.96. The molecule has 0 unspecified atom stereocenters. The molecule has 2 fully saturated rings. The number of benzene rings is 1. The number of primary amides is 2. The number of carbonyl (C=O) groups excluding carboxylic acids is 6. The zero-order chi connectivity index (χ0) is 32.4. The Kier molecular flexibility index (Phi) is 12.2. The second-order valence-electron chi connectivity index (χ2n) is 11.1. The predicted octanol–water partition coefficient (Wildman–Crippen LogP) is -1.88. The van der Waals surface area contributed by atoms with Crippen LogP contribution < -0.4 is 27.8 Å². The number of likely N-dealkylation sites (tertiary alicyclic amines) is 2. The molecule has 1 aromatic carbocycles. The average Bonchev–Trinajstić information content (AvgIpc) is 3.68. The highest BCUT2D eigenvalue weighted by atomic mass is 16.4. The smallest absolute Gasteiger partial charge is 0.326 e. The fourth-order valence-corrected chi connectivity index (χ4v) is 5.56. The summed E-state index contributed by atoms with van der Waals surface area (Å²) in [6.07, 6.45) is 1.10. The van der Waals surface area contributed by atoms with Crippen LogP contribution in [0.5, 0.6) is 0 Å². The van der Waals surface area contributed by atoms with Gasteiger partial charge in [0.05, 0.1) is 6.04 Å². The topological polar surface area (TPSA) is 248 Å². The fourth-order valence-electron chi connectivity index (χ4n) is 5.56. The molecule has 6 amide bonds. The van der Waals surface area contributed by atoms with E-state index in [2.05, 4.69) is 10.6 Å². The van der Waals surface area contributed by atoms with Gasteiger partial charge in [-0.1, -0.05) is 30.3 Å². The van der Waals surface area contributed by atoms with E-state index in [1.165, 1.54) is 9.80 Å². The lowest BCUT2D eigenvalue weighted by atomic mass is 10.0. The van der Waals surface area contributed by atoms with Crippen LogP contribution in [0.1, 0.15) is 56.9 Å². The number of rotatable bonds is 15. The number of carboxylic acids is 1. The number of nitrogens with two attached hydrogens (primary N) is 3. The molecule has 240 valence electrons. The van der Waals surface area contributed by atoms with E-state index in [0.717, 1.165) is 5.56 Å². The molecule has 0 spiro atoms. The highest BCUT2D eigenvalue weighted by Gasteiger charge is 2.41. The Hall–Kier alpha value is -4.53. The van der Waals surface area contributed by atoms with Gasteiger partial charge in [-0.15, -0.1) is 0 Å². The maximum atomic E-state index is 13.7. The molecule has 15 nitrogen and oxygen atoms in total. The molecular weight excluding hydrogens is 574 g/mol. The van der Waals surface area contributed by atoms with Crippen LogP contribution in [-0.2, 0) is 40.0 Å². The molecular formula is C29H41N7O8. The fraction of sp³-hybridized carbons (Fsp3) is 0.552. The minimum absolute atomic E-state index is 0.0524. The third kappa shape index (κ3) is 9.23. The monoisotopic (exact) mass is 615 g/mol. The van der Waals surface area contributed by atoms with Crippen LogP contribution in [0.4, 0.5) is 0 Å². The van der Waals surface area contributed by atoms with Gasteiger partial charge in [0.1, 0.15) is 24.2 Å². The average molecular weight is 616 g/mol. The van der Waals surface area contributed by atoms with Gasteiger partial charge < -0.3 is 42.7 Å². The van der Waals surface area contributed by atoms with Crippen LogP contribution in [0.25, 0.3) is 0 Å². The number of hydrogen-bond donors (Lipinski definition) is 6. The minimum Gasteiger partial charge on any atom is -0.480 e. The van der Waals surface area contributed by atoms with Crippen molar-refractivity contribution in [1.29, 1.82) is 0 Å². The van der Waals surface area contributed by atoms with Crippen LogP contribution in [0.3, 0.4) is 0 Å². The summed E-state index contributed by atoms with van der Waals surface area (Å²) in [6, 6.07) is 3.51. The summed E-state index contributed by atoms with van der Waals surface area (Å²) in [6.45, 7) is 0.423. The SMILES string of the molecule is NC(=O)CC[C@H](NC(=O)[C@@H](N)CCC(N)=O)C(=O)N1CCC[C@H]1C(=O)N[C@@H](Cc1ccccc1)C(=O)N1CCC[C@H]1C(=O)O. The van der Waals surface area contributed by atoms with Gasteiger partial charge >= 0.3 is 5.97 Å². The number of carboxylic acid groups (broad SMARTS) is 1. The van der Waals surface area contributed by atoms with Crippen molar-refractivity contribution in [2.75, 3.05) is 13.1 Å². The number of carbonyl (C=O) groups is 7. The number of amides is 6. The van der Waals surface area contributed by atoms with Crippen molar-refractivity contribution in [2.45, 2.75) is 88.0 Å². The van der Waals surface area contributed by atoms with E-state index in [9.17, 15) is 38.7 Å². The summed E-state index contributed by atoms with van der Waals surface area (Å²) in [5.41, 5.74) is 17.0. The molecule has 5 atom stereocenters. The highest BCUT2D eigenvalue weighted by molar-refractivity contribution is 5.96. The lowest BCUT2D eigenvalue weighted by Gasteiger charge is -2.31.